The maximum Gasteiger partial charge on any atom is 0.194 e. The van der Waals surface area contributed by atoms with Crippen LogP contribution in [0.1, 0.15) is 12.3 Å². The van der Waals surface area contributed by atoms with Gasteiger partial charge in [0, 0.05) is 12.0 Å². The first kappa shape index (κ1) is 10.8. The molecule has 0 unspecified atom stereocenters. The van der Waals surface area contributed by atoms with Gasteiger partial charge in [0.2, 0.25) is 0 Å². The zero-order valence-corrected chi connectivity index (χ0v) is 8.82. The quantitative estimate of drug-likeness (QED) is 0.860. The Morgan fingerprint density at radius 1 is 1.38 bits per heavy atom. The Morgan fingerprint density at radius 2 is 2.25 bits per heavy atom. The highest BCUT2D eigenvalue weighted by atomic mass is 19.1. The molecule has 2 N–H and O–H groups in total. The standard InChI is InChI=1S/C12H13FN2O/c13-10-4-1-3-9(7-10)11-8-15-12(16-11)5-2-6-14/h1,3-4,7-8H,2,5-6,14H2. The van der Waals surface area contributed by atoms with Crippen LogP contribution >= 0.6 is 0 Å². The molecular weight excluding hydrogens is 207 g/mol. The fraction of sp³-hybridized carbons (Fsp3) is 0.250. The van der Waals surface area contributed by atoms with Crippen molar-refractivity contribution in [2.45, 2.75) is 12.8 Å². The molecule has 4 heteroatoms. The van der Waals surface area contributed by atoms with Crippen LogP contribution in [0.25, 0.3) is 11.3 Å². The van der Waals surface area contributed by atoms with E-state index in [1.54, 1.807) is 18.3 Å². The Hall–Kier alpha value is -1.68. The van der Waals surface area contributed by atoms with Crippen LogP contribution in [-0.2, 0) is 6.42 Å². The molecule has 1 heterocycles. The topological polar surface area (TPSA) is 52.0 Å². The van der Waals surface area contributed by atoms with E-state index in [0.717, 1.165) is 6.42 Å². The van der Waals surface area contributed by atoms with Crippen LogP contribution in [0.5, 0.6) is 0 Å². The van der Waals surface area contributed by atoms with Crippen molar-refractivity contribution < 1.29 is 8.81 Å². The summed E-state index contributed by atoms with van der Waals surface area (Å²) in [6.07, 6.45) is 3.16. The van der Waals surface area contributed by atoms with E-state index in [1.165, 1.54) is 12.1 Å². The molecule has 0 atom stereocenters. The van der Waals surface area contributed by atoms with Crippen LogP contribution in [0, 0.1) is 5.82 Å². The summed E-state index contributed by atoms with van der Waals surface area (Å²) in [5.41, 5.74) is 6.10. The smallest absolute Gasteiger partial charge is 0.194 e. The molecule has 0 aliphatic rings. The molecule has 0 fully saturated rings. The molecular formula is C12H13FN2O. The summed E-state index contributed by atoms with van der Waals surface area (Å²) >= 11 is 0. The van der Waals surface area contributed by atoms with Crippen molar-refractivity contribution in [2.75, 3.05) is 6.54 Å². The summed E-state index contributed by atoms with van der Waals surface area (Å²) in [7, 11) is 0. The SMILES string of the molecule is NCCCc1ncc(-c2cccc(F)c2)o1. The van der Waals surface area contributed by atoms with Crippen molar-refractivity contribution in [3.05, 3.63) is 42.2 Å². The minimum absolute atomic E-state index is 0.280. The van der Waals surface area contributed by atoms with Gasteiger partial charge in [0.25, 0.3) is 0 Å². The second-order valence-electron chi connectivity index (χ2n) is 3.52. The Bertz CT molecular complexity index is 468. The highest BCUT2D eigenvalue weighted by Gasteiger charge is 2.06. The van der Waals surface area contributed by atoms with Crippen molar-refractivity contribution in [1.82, 2.24) is 4.98 Å². The van der Waals surface area contributed by atoms with E-state index >= 15 is 0 Å². The summed E-state index contributed by atoms with van der Waals surface area (Å²) < 4.78 is 18.5. The Balaban J connectivity index is 2.18. The van der Waals surface area contributed by atoms with Gasteiger partial charge < -0.3 is 10.2 Å². The molecule has 0 saturated carbocycles. The predicted octanol–water partition coefficient (Wildman–Crippen LogP) is 2.37. The minimum Gasteiger partial charge on any atom is -0.441 e. The van der Waals surface area contributed by atoms with Crippen molar-refractivity contribution in [2.24, 2.45) is 5.73 Å². The van der Waals surface area contributed by atoms with Gasteiger partial charge in [-0.25, -0.2) is 9.37 Å². The lowest BCUT2D eigenvalue weighted by atomic mass is 10.2. The van der Waals surface area contributed by atoms with Gasteiger partial charge in [0.05, 0.1) is 6.20 Å². The second-order valence-corrected chi connectivity index (χ2v) is 3.52. The first-order valence-electron chi connectivity index (χ1n) is 5.20. The lowest BCUT2D eigenvalue weighted by Crippen LogP contribution is -2.00. The molecule has 16 heavy (non-hydrogen) atoms. The maximum absolute atomic E-state index is 13.0. The molecule has 3 nitrogen and oxygen atoms in total. The maximum atomic E-state index is 13.0. The number of hydrogen-bond acceptors (Lipinski definition) is 3. The number of nitrogens with two attached hydrogens (primary N) is 1. The molecule has 84 valence electrons. The van der Waals surface area contributed by atoms with Gasteiger partial charge in [-0.1, -0.05) is 12.1 Å². The fourth-order valence-electron chi connectivity index (χ4n) is 1.45. The predicted molar refractivity (Wildman–Crippen MR) is 59.3 cm³/mol. The van der Waals surface area contributed by atoms with Gasteiger partial charge >= 0.3 is 0 Å². The van der Waals surface area contributed by atoms with E-state index in [9.17, 15) is 4.39 Å². The van der Waals surface area contributed by atoms with Crippen LogP contribution in [0.15, 0.2) is 34.9 Å². The van der Waals surface area contributed by atoms with Crippen LogP contribution in [0.3, 0.4) is 0 Å². The van der Waals surface area contributed by atoms with Gasteiger partial charge in [-0.3, -0.25) is 0 Å². The molecule has 2 rings (SSSR count). The number of aryl methyl sites for hydroxylation is 1. The normalized spacial score (nSPS) is 10.6. The van der Waals surface area contributed by atoms with Crippen molar-refractivity contribution >= 4 is 0 Å². The third-order valence-corrected chi connectivity index (χ3v) is 2.26. The highest BCUT2D eigenvalue weighted by Crippen LogP contribution is 2.21. The van der Waals surface area contributed by atoms with Crippen LogP contribution in [0.2, 0.25) is 0 Å². The average Bonchev–Trinajstić information content (AvgIpc) is 2.75. The number of halogens is 1. The van der Waals surface area contributed by atoms with Crippen molar-refractivity contribution in [3.8, 4) is 11.3 Å². The largest absolute Gasteiger partial charge is 0.441 e. The van der Waals surface area contributed by atoms with Gasteiger partial charge in [-0.15, -0.1) is 0 Å². The van der Waals surface area contributed by atoms with E-state index in [1.807, 2.05) is 0 Å². The molecule has 0 bridgehead atoms. The lowest BCUT2D eigenvalue weighted by Gasteiger charge is -1.96. The van der Waals surface area contributed by atoms with Crippen LogP contribution in [-0.4, -0.2) is 11.5 Å². The fourth-order valence-corrected chi connectivity index (χ4v) is 1.45. The van der Waals surface area contributed by atoms with E-state index in [2.05, 4.69) is 4.98 Å². The number of aromatic nitrogens is 1. The van der Waals surface area contributed by atoms with Crippen molar-refractivity contribution in [1.29, 1.82) is 0 Å². The Morgan fingerprint density at radius 3 is 3.00 bits per heavy atom. The van der Waals surface area contributed by atoms with Gasteiger partial charge in [-0.2, -0.15) is 0 Å². The summed E-state index contributed by atoms with van der Waals surface area (Å²) in [5, 5.41) is 0. The van der Waals surface area contributed by atoms with Crippen LogP contribution in [0.4, 0.5) is 4.39 Å². The van der Waals surface area contributed by atoms with Gasteiger partial charge in [-0.05, 0) is 25.1 Å². The van der Waals surface area contributed by atoms with E-state index in [4.69, 9.17) is 10.2 Å². The van der Waals surface area contributed by atoms with Crippen LogP contribution < -0.4 is 5.73 Å². The van der Waals surface area contributed by atoms with Gasteiger partial charge in [0.15, 0.2) is 11.7 Å². The molecule has 0 spiro atoms. The van der Waals surface area contributed by atoms with E-state index < -0.39 is 0 Å². The molecule has 0 aliphatic heterocycles. The number of oxazole rings is 1. The number of benzene rings is 1. The summed E-state index contributed by atoms with van der Waals surface area (Å²) in [4.78, 5) is 4.12. The Kier molecular flexibility index (Phi) is 3.31. The highest BCUT2D eigenvalue weighted by molar-refractivity contribution is 5.56. The van der Waals surface area contributed by atoms with Crippen molar-refractivity contribution in [3.63, 3.8) is 0 Å². The van der Waals surface area contributed by atoms with Gasteiger partial charge in [0.1, 0.15) is 5.82 Å². The molecule has 2 aromatic rings. The third kappa shape index (κ3) is 2.46. The molecule has 0 saturated heterocycles. The van der Waals surface area contributed by atoms with E-state index in [0.29, 0.717) is 30.2 Å². The number of hydrogen-bond donors (Lipinski definition) is 1. The number of rotatable bonds is 4. The molecule has 0 radical (unpaired) electrons. The lowest BCUT2D eigenvalue weighted by molar-refractivity contribution is 0.499. The first-order chi connectivity index (χ1) is 7.79. The second kappa shape index (κ2) is 4.90. The monoisotopic (exact) mass is 220 g/mol. The number of nitrogens with zero attached hydrogens (tertiary/aromatic N) is 1. The zero-order valence-electron chi connectivity index (χ0n) is 8.82. The molecule has 0 amide bonds. The first-order valence-corrected chi connectivity index (χ1v) is 5.20. The third-order valence-electron chi connectivity index (χ3n) is 2.26. The average molecular weight is 220 g/mol. The Labute approximate surface area is 93.1 Å². The van der Waals surface area contributed by atoms with E-state index in [-0.39, 0.29) is 5.82 Å². The molecule has 0 aliphatic carbocycles. The summed E-state index contributed by atoms with van der Waals surface area (Å²) in [6.45, 7) is 0.609. The minimum atomic E-state index is -0.280. The molecule has 1 aromatic carbocycles. The molecule has 1 aromatic heterocycles. The summed E-state index contributed by atoms with van der Waals surface area (Å²) in [6, 6.07) is 6.26. The summed E-state index contributed by atoms with van der Waals surface area (Å²) in [5.74, 6) is 0.952. The zero-order chi connectivity index (χ0) is 11.4.